The smallest absolute Gasteiger partial charge is 0.195 e. The van der Waals surface area contributed by atoms with Crippen LogP contribution in [-0.4, -0.2) is 68.3 Å². The molecule has 0 aliphatic carbocycles. The van der Waals surface area contributed by atoms with E-state index >= 15 is 0 Å². The SMILES string of the molecule is CN(C)[P+](CP(Cl)Cl)(N(C)C)N(C)C.c1ccc([B-](c2ccccc2)(c2ccccc2)c2ccccc2)cc1. The summed E-state index contributed by atoms with van der Waals surface area (Å²) in [5.74, 6) is 0.846. The van der Waals surface area contributed by atoms with Gasteiger partial charge in [-0.3, -0.25) is 0 Å². The van der Waals surface area contributed by atoms with Crippen molar-refractivity contribution in [3.05, 3.63) is 121 Å². The van der Waals surface area contributed by atoms with E-state index in [1.54, 1.807) is 0 Å². The van der Waals surface area contributed by atoms with E-state index in [2.05, 4.69) is 178 Å². The summed E-state index contributed by atoms with van der Waals surface area (Å²) < 4.78 is 6.73. The highest BCUT2D eigenvalue weighted by atomic mass is 35.9. The summed E-state index contributed by atoms with van der Waals surface area (Å²) >= 11 is 11.9. The average Bonchev–Trinajstić information content (AvgIpc) is 2.94. The first-order chi connectivity index (χ1) is 18.7. The van der Waals surface area contributed by atoms with Crippen molar-refractivity contribution < 1.29 is 0 Å². The maximum absolute atomic E-state index is 5.97. The molecule has 4 rings (SSSR count). The fourth-order valence-corrected chi connectivity index (χ4v) is 14.6. The zero-order chi connectivity index (χ0) is 28.5. The number of rotatable bonds is 9. The standard InChI is InChI=1S/C24H20B.C7H20Cl2N3P2/c1-5-13-21(14-6-1)25(22-15-7-2-8-16-22,23-17-9-3-10-18-23)24-19-11-4-12-20-24;1-10(2)14(11(3)4,12(5)6)7-13(8)9/h1-20H;7H2,1-6H3/q-1;+1. The highest BCUT2D eigenvalue weighted by Gasteiger charge is 2.49. The third-order valence-electron chi connectivity index (χ3n) is 7.42. The summed E-state index contributed by atoms with van der Waals surface area (Å²) in [5, 5.41) is 0. The summed E-state index contributed by atoms with van der Waals surface area (Å²) in [6, 6.07) is 43.5. The lowest BCUT2D eigenvalue weighted by molar-refractivity contribution is 0.465. The van der Waals surface area contributed by atoms with Crippen molar-refractivity contribution in [3.63, 3.8) is 0 Å². The largest absolute Gasteiger partial charge is 0.232 e. The van der Waals surface area contributed by atoms with Gasteiger partial charge in [0.2, 0.25) is 7.71 Å². The number of hydrogen-bond donors (Lipinski definition) is 0. The minimum absolute atomic E-state index is 0.846. The Morgan fingerprint density at radius 2 is 0.718 bits per heavy atom. The van der Waals surface area contributed by atoms with E-state index in [0.29, 0.717) is 0 Å². The predicted octanol–water partition coefficient (Wildman–Crippen LogP) is 6.24. The van der Waals surface area contributed by atoms with Gasteiger partial charge in [0.15, 0.2) is 5.90 Å². The molecule has 0 N–H and O–H groups in total. The Morgan fingerprint density at radius 3 is 0.872 bits per heavy atom. The van der Waals surface area contributed by atoms with Gasteiger partial charge in [-0.05, 0) is 0 Å². The number of nitrogens with zero attached hydrogens (tertiary/aromatic N) is 3. The zero-order valence-electron chi connectivity index (χ0n) is 23.8. The van der Waals surface area contributed by atoms with E-state index in [9.17, 15) is 0 Å². The van der Waals surface area contributed by atoms with Crippen molar-refractivity contribution in [3.8, 4) is 0 Å². The van der Waals surface area contributed by atoms with Crippen molar-refractivity contribution in [2.75, 3.05) is 48.2 Å². The van der Waals surface area contributed by atoms with Gasteiger partial charge >= 0.3 is 0 Å². The summed E-state index contributed by atoms with van der Waals surface area (Å²) in [6.45, 7) is -0.917. The van der Waals surface area contributed by atoms with Crippen LogP contribution in [0.2, 0.25) is 0 Å². The second-order valence-electron chi connectivity index (χ2n) is 10.2. The lowest BCUT2D eigenvalue weighted by Crippen LogP contribution is -2.74. The molecule has 4 aromatic rings. The van der Waals surface area contributed by atoms with Gasteiger partial charge in [0.1, 0.15) is 12.8 Å². The fourth-order valence-electron chi connectivity index (χ4n) is 5.72. The lowest BCUT2D eigenvalue weighted by atomic mass is 9.13. The molecule has 0 heterocycles. The Balaban J connectivity index is 0.000000258. The first-order valence-electron chi connectivity index (χ1n) is 13.1. The third-order valence-corrected chi connectivity index (χ3v) is 15.6. The molecule has 0 aromatic heterocycles. The molecule has 0 atom stereocenters. The van der Waals surface area contributed by atoms with Crippen molar-refractivity contribution in [1.82, 2.24) is 14.0 Å². The Bertz CT molecular complexity index is 1060. The van der Waals surface area contributed by atoms with Crippen molar-refractivity contribution in [1.29, 1.82) is 0 Å². The second-order valence-corrected chi connectivity index (χ2v) is 18.7. The van der Waals surface area contributed by atoms with Gasteiger partial charge in [-0.25, -0.2) is 0 Å². The molecule has 0 saturated heterocycles. The topological polar surface area (TPSA) is 9.72 Å². The predicted molar refractivity (Wildman–Crippen MR) is 182 cm³/mol. The lowest BCUT2D eigenvalue weighted by Gasteiger charge is -2.44. The highest BCUT2D eigenvalue weighted by molar-refractivity contribution is 8.08. The summed E-state index contributed by atoms with van der Waals surface area (Å²) in [4.78, 5) is 0. The molecule has 0 spiro atoms. The summed E-state index contributed by atoms with van der Waals surface area (Å²) in [5.41, 5.74) is 5.36. The minimum Gasteiger partial charge on any atom is -0.195 e. The van der Waals surface area contributed by atoms with E-state index in [4.69, 9.17) is 22.5 Å². The summed E-state index contributed by atoms with van der Waals surface area (Å²) in [6.07, 6.45) is -1.22. The minimum atomic E-state index is -1.50. The Morgan fingerprint density at radius 1 is 0.487 bits per heavy atom. The van der Waals surface area contributed by atoms with E-state index < -0.39 is 20.5 Å². The molecular weight excluding hydrogens is 558 g/mol. The van der Waals surface area contributed by atoms with Gasteiger partial charge in [0, 0.05) is 42.3 Å². The molecule has 0 saturated carbocycles. The molecule has 0 radical (unpaired) electrons. The van der Waals surface area contributed by atoms with E-state index in [1.165, 1.54) is 21.9 Å². The molecular formula is C31H40BCl2N3P2. The normalized spacial score (nSPS) is 12.1. The Labute approximate surface area is 247 Å². The molecule has 0 unspecified atom stereocenters. The molecule has 0 bridgehead atoms. The molecule has 39 heavy (non-hydrogen) atoms. The van der Waals surface area contributed by atoms with E-state index in [-0.39, 0.29) is 0 Å². The van der Waals surface area contributed by atoms with Crippen LogP contribution in [0.25, 0.3) is 0 Å². The van der Waals surface area contributed by atoms with Crippen LogP contribution >= 0.6 is 36.8 Å². The molecule has 8 heteroatoms. The van der Waals surface area contributed by atoms with Gasteiger partial charge in [0.25, 0.3) is 0 Å². The zero-order valence-corrected chi connectivity index (χ0v) is 27.1. The van der Waals surface area contributed by atoms with Gasteiger partial charge < -0.3 is 0 Å². The highest BCUT2D eigenvalue weighted by Crippen LogP contribution is 2.72. The quantitative estimate of drug-likeness (QED) is 0.167. The van der Waals surface area contributed by atoms with Crippen LogP contribution in [0.1, 0.15) is 0 Å². The first kappa shape index (κ1) is 31.8. The molecule has 0 fully saturated rings. The number of hydrogen-bond acceptors (Lipinski definition) is 3. The van der Waals surface area contributed by atoms with Crippen LogP contribution in [0.4, 0.5) is 0 Å². The number of benzene rings is 4. The maximum Gasteiger partial charge on any atom is 0.232 e. The van der Waals surface area contributed by atoms with Crippen molar-refractivity contribution >= 4 is 64.8 Å². The molecule has 0 aliphatic heterocycles. The fraction of sp³-hybridized carbons (Fsp3) is 0.226. The van der Waals surface area contributed by atoms with E-state index in [1.807, 2.05) is 0 Å². The van der Waals surface area contributed by atoms with Gasteiger partial charge in [0.05, 0.1) is 0 Å². The van der Waals surface area contributed by atoms with Crippen LogP contribution in [0.3, 0.4) is 0 Å². The molecule has 0 amide bonds. The Hall–Kier alpha value is -1.74. The number of halogens is 2. The summed E-state index contributed by atoms with van der Waals surface area (Å²) in [7, 11) is 11.0. The van der Waals surface area contributed by atoms with Crippen LogP contribution in [0.5, 0.6) is 0 Å². The van der Waals surface area contributed by atoms with Crippen LogP contribution < -0.4 is 21.9 Å². The van der Waals surface area contributed by atoms with Crippen LogP contribution in [0, 0.1) is 0 Å². The molecule has 4 aromatic carbocycles. The maximum atomic E-state index is 5.97. The monoisotopic (exact) mass is 597 g/mol. The van der Waals surface area contributed by atoms with Crippen LogP contribution in [-0.2, 0) is 0 Å². The van der Waals surface area contributed by atoms with Gasteiger partial charge in [-0.1, -0.05) is 144 Å². The first-order valence-corrected chi connectivity index (χ1v) is 18.2. The van der Waals surface area contributed by atoms with Crippen molar-refractivity contribution in [2.24, 2.45) is 0 Å². The molecule has 3 nitrogen and oxygen atoms in total. The van der Waals surface area contributed by atoms with E-state index in [0.717, 1.165) is 5.90 Å². The van der Waals surface area contributed by atoms with Gasteiger partial charge in [-0.2, -0.15) is 35.9 Å². The third kappa shape index (κ3) is 7.13. The Kier molecular flexibility index (Phi) is 12.0. The average molecular weight is 598 g/mol. The molecule has 206 valence electrons. The van der Waals surface area contributed by atoms with Gasteiger partial charge in [-0.15, -0.1) is 0 Å². The molecule has 0 aliphatic rings. The second kappa shape index (κ2) is 14.8. The van der Waals surface area contributed by atoms with Crippen LogP contribution in [0.15, 0.2) is 121 Å². The van der Waals surface area contributed by atoms with Crippen molar-refractivity contribution in [2.45, 2.75) is 0 Å².